The molecule has 0 bridgehead atoms. The summed E-state index contributed by atoms with van der Waals surface area (Å²) in [7, 11) is -3.41. The van der Waals surface area contributed by atoms with Crippen LogP contribution in [0.25, 0.3) is 10.1 Å². The molecule has 0 spiro atoms. The maximum absolute atomic E-state index is 13.2. The van der Waals surface area contributed by atoms with E-state index in [1.165, 1.54) is 35.8 Å². The van der Waals surface area contributed by atoms with Crippen LogP contribution < -0.4 is 0 Å². The highest BCUT2D eigenvalue weighted by Gasteiger charge is 2.32. The van der Waals surface area contributed by atoms with Gasteiger partial charge in [0.1, 0.15) is 11.6 Å². The molecule has 1 aromatic heterocycles. The lowest BCUT2D eigenvalue weighted by molar-refractivity contribution is 0.106. The van der Waals surface area contributed by atoms with Gasteiger partial charge in [0.2, 0.25) is 0 Å². The number of hydrogen-bond donors (Lipinski definition) is 0. The number of halogens is 2. The van der Waals surface area contributed by atoms with Crippen molar-refractivity contribution in [2.75, 3.05) is 18.8 Å². The van der Waals surface area contributed by atoms with Gasteiger partial charge in [-0.25, -0.2) is 17.2 Å². The first-order valence-corrected chi connectivity index (χ1v) is 10.6. The Morgan fingerprint density at radius 3 is 2.50 bits per heavy atom. The summed E-state index contributed by atoms with van der Waals surface area (Å²) in [4.78, 5) is 2.28. The SMILES string of the molecule is O=S(=O)(CC1CN(Cc2nsc3cc(F)ccc23)C1)c1ccc(F)cc1. The number of nitrogens with zero attached hydrogens (tertiary/aromatic N) is 2. The van der Waals surface area contributed by atoms with E-state index in [1.807, 2.05) is 0 Å². The van der Waals surface area contributed by atoms with Gasteiger partial charge >= 0.3 is 0 Å². The Morgan fingerprint density at radius 2 is 1.77 bits per heavy atom. The van der Waals surface area contributed by atoms with Crippen LogP contribution in [0.5, 0.6) is 0 Å². The minimum absolute atomic E-state index is 0.0485. The molecule has 0 radical (unpaired) electrons. The molecular formula is C18H16F2N2O2S2. The molecule has 1 saturated heterocycles. The van der Waals surface area contributed by atoms with Crippen LogP contribution in [-0.4, -0.2) is 36.5 Å². The summed E-state index contributed by atoms with van der Waals surface area (Å²) in [6.07, 6.45) is 0. The Bertz CT molecular complexity index is 1040. The number of benzene rings is 2. The van der Waals surface area contributed by atoms with Crippen LogP contribution in [0.15, 0.2) is 47.4 Å². The lowest BCUT2D eigenvalue weighted by Gasteiger charge is -2.38. The van der Waals surface area contributed by atoms with Crippen molar-refractivity contribution >= 4 is 31.5 Å². The van der Waals surface area contributed by atoms with Crippen molar-refractivity contribution in [3.05, 3.63) is 59.8 Å². The lowest BCUT2D eigenvalue weighted by Crippen LogP contribution is -2.48. The minimum atomic E-state index is -3.41. The molecule has 0 aliphatic carbocycles. The van der Waals surface area contributed by atoms with Gasteiger partial charge < -0.3 is 0 Å². The summed E-state index contributed by atoms with van der Waals surface area (Å²) in [5, 5.41) is 0.943. The van der Waals surface area contributed by atoms with E-state index in [9.17, 15) is 17.2 Å². The number of rotatable bonds is 5. The van der Waals surface area contributed by atoms with Crippen molar-refractivity contribution in [1.82, 2.24) is 9.27 Å². The summed E-state index contributed by atoms with van der Waals surface area (Å²) in [5.74, 6) is -0.623. The van der Waals surface area contributed by atoms with Gasteiger partial charge in [-0.3, -0.25) is 4.90 Å². The van der Waals surface area contributed by atoms with Crippen LogP contribution in [0.2, 0.25) is 0 Å². The van der Waals surface area contributed by atoms with E-state index >= 15 is 0 Å². The van der Waals surface area contributed by atoms with Gasteiger partial charge in [0.05, 0.1) is 21.0 Å². The molecule has 4 nitrogen and oxygen atoms in total. The van der Waals surface area contributed by atoms with Crippen LogP contribution in [-0.2, 0) is 16.4 Å². The predicted molar refractivity (Wildman–Crippen MR) is 96.8 cm³/mol. The zero-order chi connectivity index (χ0) is 18.3. The van der Waals surface area contributed by atoms with Gasteiger partial charge in [-0.15, -0.1) is 0 Å². The Kier molecular flexibility index (Phi) is 4.50. The van der Waals surface area contributed by atoms with Gasteiger partial charge in [0.15, 0.2) is 9.84 Å². The van der Waals surface area contributed by atoms with Crippen LogP contribution in [0.1, 0.15) is 5.69 Å². The second kappa shape index (κ2) is 6.68. The molecule has 2 aromatic carbocycles. The van der Waals surface area contributed by atoms with Crippen LogP contribution in [0.3, 0.4) is 0 Å². The Hall–Kier alpha value is -1.90. The smallest absolute Gasteiger partial charge is 0.178 e. The van der Waals surface area contributed by atoms with Crippen molar-refractivity contribution in [2.45, 2.75) is 11.4 Å². The van der Waals surface area contributed by atoms with E-state index in [2.05, 4.69) is 9.27 Å². The second-order valence-electron chi connectivity index (χ2n) is 6.57. The van der Waals surface area contributed by atoms with Crippen LogP contribution in [0.4, 0.5) is 8.78 Å². The highest BCUT2D eigenvalue weighted by Crippen LogP contribution is 2.28. The van der Waals surface area contributed by atoms with E-state index in [4.69, 9.17) is 0 Å². The molecule has 1 aliphatic rings. The Balaban J connectivity index is 1.37. The molecular weight excluding hydrogens is 378 g/mol. The molecule has 136 valence electrons. The number of fused-ring (bicyclic) bond motifs is 1. The minimum Gasteiger partial charge on any atom is -0.297 e. The summed E-state index contributed by atoms with van der Waals surface area (Å²) in [6, 6.07) is 9.58. The topological polar surface area (TPSA) is 50.3 Å². The van der Waals surface area contributed by atoms with Crippen LogP contribution in [0, 0.1) is 17.6 Å². The molecule has 0 unspecified atom stereocenters. The molecule has 2 heterocycles. The predicted octanol–water partition coefficient (Wildman–Crippen LogP) is 3.48. The number of hydrogen-bond acceptors (Lipinski definition) is 5. The van der Waals surface area contributed by atoms with Crippen molar-refractivity contribution in [1.29, 1.82) is 0 Å². The van der Waals surface area contributed by atoms with Gasteiger partial charge in [-0.2, -0.15) is 4.37 Å². The molecule has 0 atom stereocenters. The van der Waals surface area contributed by atoms with Crippen molar-refractivity contribution in [2.24, 2.45) is 5.92 Å². The van der Waals surface area contributed by atoms with E-state index in [-0.39, 0.29) is 22.4 Å². The van der Waals surface area contributed by atoms with Crippen molar-refractivity contribution in [3.63, 3.8) is 0 Å². The highest BCUT2D eigenvalue weighted by molar-refractivity contribution is 7.91. The average Bonchev–Trinajstić information content (AvgIpc) is 2.95. The van der Waals surface area contributed by atoms with E-state index in [0.29, 0.717) is 19.6 Å². The van der Waals surface area contributed by atoms with Gasteiger partial charge in [0.25, 0.3) is 0 Å². The van der Waals surface area contributed by atoms with Gasteiger partial charge in [-0.1, -0.05) is 0 Å². The highest BCUT2D eigenvalue weighted by atomic mass is 32.2. The molecule has 26 heavy (non-hydrogen) atoms. The number of aromatic nitrogens is 1. The fourth-order valence-corrected chi connectivity index (χ4v) is 5.64. The zero-order valence-electron chi connectivity index (χ0n) is 13.7. The third-order valence-electron chi connectivity index (χ3n) is 4.54. The van der Waals surface area contributed by atoms with E-state index in [0.717, 1.165) is 27.9 Å². The standard InChI is InChI=1S/C18H16F2N2O2S2/c19-13-1-4-15(5-2-13)26(23,24)11-12-8-22(9-12)10-17-16-6-3-14(20)7-18(16)25-21-17/h1-7,12H,8-11H2. The van der Waals surface area contributed by atoms with E-state index in [1.54, 1.807) is 6.07 Å². The Labute approximate surface area is 154 Å². The molecule has 4 rings (SSSR count). The number of likely N-dealkylation sites (tertiary alicyclic amines) is 1. The molecule has 8 heteroatoms. The second-order valence-corrected chi connectivity index (χ2v) is 9.40. The normalized spacial score (nSPS) is 16.1. The summed E-state index contributed by atoms with van der Waals surface area (Å²) >= 11 is 1.27. The Morgan fingerprint density at radius 1 is 1.08 bits per heavy atom. The monoisotopic (exact) mass is 394 g/mol. The molecule has 3 aromatic rings. The fourth-order valence-electron chi connectivity index (χ4n) is 3.25. The summed E-state index contributed by atoms with van der Waals surface area (Å²) in [6.45, 7) is 1.96. The number of sulfone groups is 1. The largest absolute Gasteiger partial charge is 0.297 e. The molecule has 1 fully saturated rings. The molecule has 0 saturated carbocycles. The first-order chi connectivity index (χ1) is 12.4. The molecule has 0 amide bonds. The first kappa shape index (κ1) is 17.5. The third-order valence-corrected chi connectivity index (χ3v) is 7.29. The fraction of sp³-hybridized carbons (Fsp3) is 0.278. The van der Waals surface area contributed by atoms with Gasteiger partial charge in [-0.05, 0) is 59.9 Å². The zero-order valence-corrected chi connectivity index (χ0v) is 15.4. The average molecular weight is 394 g/mol. The lowest BCUT2D eigenvalue weighted by atomic mass is 10.0. The summed E-state index contributed by atoms with van der Waals surface area (Å²) < 4.78 is 56.2. The third kappa shape index (κ3) is 3.49. The maximum Gasteiger partial charge on any atom is 0.178 e. The van der Waals surface area contributed by atoms with Crippen molar-refractivity contribution in [3.8, 4) is 0 Å². The molecule has 1 aliphatic heterocycles. The maximum atomic E-state index is 13.2. The summed E-state index contributed by atoms with van der Waals surface area (Å²) in [5.41, 5.74) is 0.893. The first-order valence-electron chi connectivity index (χ1n) is 8.15. The van der Waals surface area contributed by atoms with Crippen molar-refractivity contribution < 1.29 is 17.2 Å². The van der Waals surface area contributed by atoms with Crippen LogP contribution >= 0.6 is 11.5 Å². The quantitative estimate of drug-likeness (QED) is 0.622. The van der Waals surface area contributed by atoms with E-state index < -0.39 is 15.7 Å². The molecule has 0 N–H and O–H groups in total. The van der Waals surface area contributed by atoms with Gasteiger partial charge in [0, 0.05) is 25.0 Å².